The van der Waals surface area contributed by atoms with Gasteiger partial charge in [-0.25, -0.2) is 9.58 Å². The topological polar surface area (TPSA) is 27.1 Å². The molecule has 0 aliphatic carbocycles. The summed E-state index contributed by atoms with van der Waals surface area (Å²) in [5.74, 6) is 2.12. The van der Waals surface area contributed by atoms with E-state index in [0.717, 1.165) is 44.4 Å². The molecule has 10 rings (SSSR count). The van der Waals surface area contributed by atoms with E-state index >= 15 is 0 Å². The third kappa shape index (κ3) is 6.20. The maximum absolute atomic E-state index is 6.93. The minimum atomic E-state index is -0.0241. The minimum Gasteiger partial charge on any atom is -0.509 e. The molecule has 0 spiro atoms. The van der Waals surface area contributed by atoms with Crippen molar-refractivity contribution in [3.8, 4) is 28.4 Å². The Kier molecular flexibility index (Phi) is 9.26. The predicted octanol–water partition coefficient (Wildman–Crippen LogP) is 14.5. The van der Waals surface area contributed by atoms with Crippen molar-refractivity contribution >= 4 is 44.6 Å². The van der Waals surface area contributed by atoms with Crippen LogP contribution in [0.4, 0.5) is 22.7 Å². The first-order valence-corrected chi connectivity index (χ1v) is 20.7. The summed E-state index contributed by atoms with van der Waals surface area (Å²) in [7, 11) is 0. The number of rotatable bonds is 6. The van der Waals surface area contributed by atoms with Crippen molar-refractivity contribution < 1.29 is 25.8 Å². The van der Waals surface area contributed by atoms with Gasteiger partial charge in [0.1, 0.15) is 5.82 Å². The summed E-state index contributed by atoms with van der Waals surface area (Å²) in [5, 5.41) is 2.25. The van der Waals surface area contributed by atoms with Crippen LogP contribution in [0.15, 0.2) is 140 Å². The van der Waals surface area contributed by atoms with Gasteiger partial charge in [-0.1, -0.05) is 147 Å². The molecule has 1 unspecified atom stereocenters. The van der Waals surface area contributed by atoms with E-state index in [9.17, 15) is 0 Å². The summed E-state index contributed by atoms with van der Waals surface area (Å²) in [6.07, 6.45) is 1.91. The molecule has 60 heavy (non-hydrogen) atoms. The minimum absolute atomic E-state index is 0. The molecular weight excluding hydrogens is 916 g/mol. The van der Waals surface area contributed by atoms with Crippen LogP contribution < -0.4 is 13.9 Å². The molecule has 0 amide bonds. The molecular formula is C54H51N4OPt-. The SMILES string of the molecule is CC(C)(C)c1cccc([N@+]23[CH-][N+]2(c2[c-]c(Oc4[c-]c5c(cc4)c4ccccc4n5-c4cc(C(C)(C)C)ccn4)cc(-c4ccccc4)c2)c2cc(C(C)(C)C)ccc23)c1.[Pt]. The Labute approximate surface area is 369 Å². The summed E-state index contributed by atoms with van der Waals surface area (Å²) < 4.78 is 10.3. The number of hydrogen-bond acceptors (Lipinski definition) is 2. The van der Waals surface area contributed by atoms with E-state index in [2.05, 4.69) is 213 Å². The van der Waals surface area contributed by atoms with E-state index in [1.165, 1.54) is 33.8 Å². The fourth-order valence-electron chi connectivity index (χ4n) is 8.99. The molecule has 2 atom stereocenters. The van der Waals surface area contributed by atoms with Gasteiger partial charge in [0.15, 0.2) is 12.4 Å². The van der Waals surface area contributed by atoms with Crippen LogP contribution in [0.25, 0.3) is 38.8 Å². The number of ether oxygens (including phenoxy) is 1. The molecule has 0 N–H and O–H groups in total. The zero-order chi connectivity index (χ0) is 41.1. The smallest absolute Gasteiger partial charge is 0.225 e. The number of fused-ring (bicyclic) bond motifs is 7. The first-order valence-electron chi connectivity index (χ1n) is 20.7. The Hall–Kier alpha value is -5.32. The number of quaternary nitrogens is 2. The van der Waals surface area contributed by atoms with Crippen molar-refractivity contribution in [1.82, 2.24) is 18.7 Å². The normalized spacial score (nSPS) is 18.4. The van der Waals surface area contributed by atoms with Crippen molar-refractivity contribution in [3.05, 3.63) is 175 Å². The molecule has 2 aliphatic rings. The predicted molar refractivity (Wildman–Crippen MR) is 244 cm³/mol. The Balaban J connectivity index is 0.00000462. The van der Waals surface area contributed by atoms with Gasteiger partial charge in [0, 0.05) is 68.5 Å². The van der Waals surface area contributed by atoms with E-state index in [4.69, 9.17) is 9.72 Å². The van der Waals surface area contributed by atoms with Gasteiger partial charge >= 0.3 is 0 Å². The molecule has 5 nitrogen and oxygen atoms in total. The van der Waals surface area contributed by atoms with Crippen LogP contribution in [0.5, 0.6) is 11.5 Å². The summed E-state index contributed by atoms with van der Waals surface area (Å²) in [5.41, 5.74) is 12.9. The van der Waals surface area contributed by atoms with Crippen molar-refractivity contribution in [2.75, 3.05) is 0 Å². The van der Waals surface area contributed by atoms with Crippen LogP contribution in [0.1, 0.15) is 79.0 Å². The monoisotopic (exact) mass is 966 g/mol. The standard InChI is InChI=1S/C54H51N4O.Pt/c1-52(2,3)38-18-15-19-41(30-38)57-35-58(57,50-31-39(53(4,5)6)22-25-49(50)57)42-28-37(36-16-11-10-12-17-36)29-44(33-42)59-43-23-24-46-45-20-13-14-21-47(45)56(48(46)34-43)51-32-40(26-27-55-51)54(7,8)9;/h10-32,35H,1-9H3;/q-1;/t57-,58?;/m0./s1. The Bertz CT molecular complexity index is 2960. The van der Waals surface area contributed by atoms with E-state index < -0.39 is 0 Å². The Morgan fingerprint density at radius 2 is 1.25 bits per heavy atom. The zero-order valence-electron chi connectivity index (χ0n) is 35.9. The number of pyridine rings is 1. The molecule has 4 heterocycles. The van der Waals surface area contributed by atoms with Crippen LogP contribution in [0.2, 0.25) is 0 Å². The van der Waals surface area contributed by atoms with E-state index in [1.807, 2.05) is 12.3 Å². The Morgan fingerprint density at radius 3 is 2.00 bits per heavy atom. The second-order valence-corrected chi connectivity index (χ2v) is 19.4. The average molecular weight is 967 g/mol. The molecule has 1 fully saturated rings. The third-order valence-electron chi connectivity index (χ3n) is 12.4. The maximum atomic E-state index is 6.93. The fourth-order valence-corrected chi connectivity index (χ4v) is 8.99. The number of nitrogens with zero attached hydrogens (tertiary/aromatic N) is 4. The van der Waals surface area contributed by atoms with Gasteiger partial charge < -0.3 is 9.30 Å². The quantitative estimate of drug-likeness (QED) is 0.0943. The number of para-hydroxylation sites is 1. The average Bonchev–Trinajstić information content (AvgIpc) is 3.71. The fraction of sp³-hybridized carbons (Fsp3) is 0.222. The summed E-state index contributed by atoms with van der Waals surface area (Å²) in [4.78, 5) is 4.89. The molecule has 304 valence electrons. The third-order valence-corrected chi connectivity index (χ3v) is 12.4. The molecule has 6 aromatic carbocycles. The van der Waals surface area contributed by atoms with Gasteiger partial charge in [-0.3, -0.25) is 0 Å². The second-order valence-electron chi connectivity index (χ2n) is 19.4. The van der Waals surface area contributed by atoms with Gasteiger partial charge in [0.05, 0.1) is 5.69 Å². The van der Waals surface area contributed by atoms with Gasteiger partial charge in [0.25, 0.3) is 0 Å². The van der Waals surface area contributed by atoms with E-state index in [-0.39, 0.29) is 37.3 Å². The molecule has 6 heteroatoms. The second kappa shape index (κ2) is 13.9. The van der Waals surface area contributed by atoms with Gasteiger partial charge in [-0.05, 0) is 62.1 Å². The largest absolute Gasteiger partial charge is 0.509 e. The summed E-state index contributed by atoms with van der Waals surface area (Å²) >= 11 is 0. The molecule has 0 saturated carbocycles. The molecule has 1 saturated heterocycles. The van der Waals surface area contributed by atoms with Crippen molar-refractivity contribution in [2.45, 2.75) is 78.6 Å². The zero-order valence-corrected chi connectivity index (χ0v) is 38.1. The van der Waals surface area contributed by atoms with E-state index in [1.54, 1.807) is 0 Å². The summed E-state index contributed by atoms with van der Waals surface area (Å²) in [6, 6.07) is 55.7. The first kappa shape index (κ1) is 40.1. The van der Waals surface area contributed by atoms with Crippen molar-refractivity contribution in [3.63, 3.8) is 0 Å². The van der Waals surface area contributed by atoms with Gasteiger partial charge in [-0.15, -0.1) is 29.1 Å². The van der Waals surface area contributed by atoms with Crippen LogP contribution in [-0.4, -0.2) is 9.55 Å². The van der Waals surface area contributed by atoms with Crippen molar-refractivity contribution in [2.24, 2.45) is 0 Å². The number of hydrogen-bond donors (Lipinski definition) is 0. The van der Waals surface area contributed by atoms with Crippen LogP contribution >= 0.6 is 0 Å². The van der Waals surface area contributed by atoms with Gasteiger partial charge in [-0.2, -0.15) is 10.7 Å². The summed E-state index contributed by atoms with van der Waals surface area (Å²) in [6.45, 7) is 22.9. The molecule has 2 aliphatic heterocycles. The maximum Gasteiger partial charge on any atom is 0.225 e. The molecule has 0 bridgehead atoms. The Morgan fingerprint density at radius 1 is 0.550 bits per heavy atom. The number of aromatic nitrogens is 2. The van der Waals surface area contributed by atoms with Crippen molar-refractivity contribution in [1.29, 1.82) is 0 Å². The van der Waals surface area contributed by atoms with Crippen LogP contribution in [0.3, 0.4) is 0 Å². The molecule has 0 radical (unpaired) electrons. The molecule has 2 aromatic heterocycles. The molecule has 8 aromatic rings. The van der Waals surface area contributed by atoms with E-state index in [0.29, 0.717) is 20.7 Å². The van der Waals surface area contributed by atoms with Crippen LogP contribution in [-0.2, 0) is 37.3 Å². The van der Waals surface area contributed by atoms with Gasteiger partial charge in [0.2, 0.25) is 11.4 Å². The first-order chi connectivity index (χ1) is 28.1. The van der Waals surface area contributed by atoms with Crippen LogP contribution in [0, 0.1) is 18.8 Å². The number of benzene rings is 6.